The van der Waals surface area contributed by atoms with E-state index in [1.807, 2.05) is 0 Å². The zero-order valence-electron chi connectivity index (χ0n) is 10.2. The molecule has 0 radical (unpaired) electrons. The molecule has 0 aliphatic heterocycles. The molecule has 0 heterocycles. The first-order valence-electron chi connectivity index (χ1n) is 6.21. The fraction of sp³-hybridized carbons (Fsp3) is 0.769. The maximum absolute atomic E-state index is 10.9. The largest absolute Gasteiger partial charge is 0.481 e. The Balaban J connectivity index is 3.68. The quantitative estimate of drug-likeness (QED) is 0.446. The number of carbonyl (C=O) groups is 1. The number of aliphatic carboxylic acids is 1. The molecule has 0 fully saturated rings. The summed E-state index contributed by atoms with van der Waals surface area (Å²) in [5.74, 6) is -1.01. The number of carboxylic acids is 1. The molecule has 0 aromatic carbocycles. The fourth-order valence-electron chi connectivity index (χ4n) is 1.67. The van der Waals surface area contributed by atoms with Crippen molar-refractivity contribution in [1.29, 1.82) is 0 Å². The van der Waals surface area contributed by atoms with Crippen molar-refractivity contribution in [3.63, 3.8) is 0 Å². The summed E-state index contributed by atoms with van der Waals surface area (Å²) < 4.78 is 0. The smallest absolute Gasteiger partial charge is 0.306 e. The van der Waals surface area contributed by atoms with Gasteiger partial charge in [0.05, 0.1) is 12.5 Å². The van der Waals surface area contributed by atoms with Crippen molar-refractivity contribution in [3.05, 3.63) is 12.2 Å². The molecule has 0 aliphatic carbocycles. The fourth-order valence-corrected chi connectivity index (χ4v) is 1.67. The van der Waals surface area contributed by atoms with Crippen LogP contribution in [0.3, 0.4) is 0 Å². The summed E-state index contributed by atoms with van der Waals surface area (Å²) in [6.45, 7) is 2.16. The number of hydrogen-bond donors (Lipinski definition) is 2. The highest BCUT2D eigenvalue weighted by atomic mass is 16.4. The van der Waals surface area contributed by atoms with Crippen LogP contribution in [0, 0.1) is 5.92 Å². The minimum Gasteiger partial charge on any atom is -0.481 e. The van der Waals surface area contributed by atoms with Crippen molar-refractivity contribution in [2.24, 2.45) is 5.92 Å². The molecule has 1 unspecified atom stereocenters. The van der Waals surface area contributed by atoms with Gasteiger partial charge in [-0.25, -0.2) is 0 Å². The summed E-state index contributed by atoms with van der Waals surface area (Å²) >= 11 is 0. The van der Waals surface area contributed by atoms with E-state index in [0.29, 0.717) is 6.42 Å². The maximum atomic E-state index is 10.9. The Kier molecular flexibility index (Phi) is 10.1. The predicted molar refractivity (Wildman–Crippen MR) is 65.3 cm³/mol. The molecular formula is C13H24O3. The minimum atomic E-state index is -0.724. The van der Waals surface area contributed by atoms with Gasteiger partial charge in [0, 0.05) is 0 Å². The highest BCUT2D eigenvalue weighted by Crippen LogP contribution is 2.15. The molecule has 0 saturated carbocycles. The van der Waals surface area contributed by atoms with E-state index in [2.05, 4.69) is 6.92 Å². The summed E-state index contributed by atoms with van der Waals surface area (Å²) in [6, 6.07) is 0. The van der Waals surface area contributed by atoms with E-state index in [-0.39, 0.29) is 12.5 Å². The lowest BCUT2D eigenvalue weighted by atomic mass is 9.97. The highest BCUT2D eigenvalue weighted by Gasteiger charge is 2.14. The van der Waals surface area contributed by atoms with Crippen LogP contribution in [0.1, 0.15) is 51.9 Å². The molecule has 0 amide bonds. The van der Waals surface area contributed by atoms with Crippen LogP contribution in [-0.2, 0) is 4.79 Å². The number of aliphatic hydroxyl groups excluding tert-OH is 1. The van der Waals surface area contributed by atoms with Gasteiger partial charge in [0.25, 0.3) is 0 Å². The zero-order chi connectivity index (χ0) is 12.2. The van der Waals surface area contributed by atoms with Crippen LogP contribution in [0.15, 0.2) is 12.2 Å². The standard InChI is InChI=1S/C13H24O3/c1-2-3-4-5-6-9-12(13(15)16)10-7-8-11-14/h7-8,12,14H,2-6,9-11H2,1H3,(H,15,16)/b8-7-. The van der Waals surface area contributed by atoms with Gasteiger partial charge in [-0.15, -0.1) is 0 Å². The normalized spacial score (nSPS) is 13.1. The molecule has 0 saturated heterocycles. The Labute approximate surface area is 98.2 Å². The van der Waals surface area contributed by atoms with E-state index >= 15 is 0 Å². The van der Waals surface area contributed by atoms with Crippen LogP contribution in [0.5, 0.6) is 0 Å². The average molecular weight is 228 g/mol. The van der Waals surface area contributed by atoms with Crippen molar-refractivity contribution in [3.8, 4) is 0 Å². The second kappa shape index (κ2) is 10.7. The van der Waals surface area contributed by atoms with Crippen LogP contribution < -0.4 is 0 Å². The second-order valence-corrected chi connectivity index (χ2v) is 4.13. The lowest BCUT2D eigenvalue weighted by Crippen LogP contribution is -2.12. The number of hydrogen-bond acceptors (Lipinski definition) is 2. The van der Waals surface area contributed by atoms with E-state index in [0.717, 1.165) is 19.3 Å². The molecule has 94 valence electrons. The molecule has 0 aromatic rings. The van der Waals surface area contributed by atoms with Crippen LogP contribution >= 0.6 is 0 Å². The number of allylic oxidation sites excluding steroid dienone is 1. The average Bonchev–Trinajstić information content (AvgIpc) is 2.26. The van der Waals surface area contributed by atoms with Crippen LogP contribution in [0.4, 0.5) is 0 Å². The number of rotatable bonds is 10. The van der Waals surface area contributed by atoms with E-state index in [9.17, 15) is 4.79 Å². The molecular weight excluding hydrogens is 204 g/mol. The summed E-state index contributed by atoms with van der Waals surface area (Å²) in [6.07, 6.45) is 10.4. The molecule has 3 heteroatoms. The topological polar surface area (TPSA) is 57.5 Å². The van der Waals surface area contributed by atoms with E-state index in [1.165, 1.54) is 19.3 Å². The number of aliphatic hydroxyl groups is 1. The molecule has 0 rings (SSSR count). The van der Waals surface area contributed by atoms with Crippen LogP contribution in [0.25, 0.3) is 0 Å². The minimum absolute atomic E-state index is 0.0111. The molecule has 0 spiro atoms. The van der Waals surface area contributed by atoms with E-state index in [1.54, 1.807) is 12.2 Å². The van der Waals surface area contributed by atoms with Gasteiger partial charge in [0.2, 0.25) is 0 Å². The predicted octanol–water partition coefficient (Wildman–Crippen LogP) is 2.99. The molecule has 0 bridgehead atoms. The summed E-state index contributed by atoms with van der Waals surface area (Å²) in [5, 5.41) is 17.5. The maximum Gasteiger partial charge on any atom is 0.306 e. The van der Waals surface area contributed by atoms with Gasteiger partial charge in [-0.2, -0.15) is 0 Å². The summed E-state index contributed by atoms with van der Waals surface area (Å²) in [5.41, 5.74) is 0. The molecule has 2 N–H and O–H groups in total. The Morgan fingerprint density at radius 3 is 2.44 bits per heavy atom. The molecule has 16 heavy (non-hydrogen) atoms. The van der Waals surface area contributed by atoms with Gasteiger partial charge in [0.1, 0.15) is 0 Å². The first-order valence-corrected chi connectivity index (χ1v) is 6.21. The van der Waals surface area contributed by atoms with E-state index in [4.69, 9.17) is 10.2 Å². The highest BCUT2D eigenvalue weighted by molar-refractivity contribution is 5.70. The van der Waals surface area contributed by atoms with Gasteiger partial charge in [-0.1, -0.05) is 51.2 Å². The Morgan fingerprint density at radius 2 is 1.88 bits per heavy atom. The molecule has 0 aliphatic rings. The summed E-state index contributed by atoms with van der Waals surface area (Å²) in [7, 11) is 0. The van der Waals surface area contributed by atoms with Crippen LogP contribution in [-0.4, -0.2) is 22.8 Å². The van der Waals surface area contributed by atoms with Crippen molar-refractivity contribution in [2.45, 2.75) is 51.9 Å². The van der Waals surface area contributed by atoms with Crippen LogP contribution in [0.2, 0.25) is 0 Å². The third-order valence-electron chi connectivity index (χ3n) is 2.70. The second-order valence-electron chi connectivity index (χ2n) is 4.13. The third kappa shape index (κ3) is 8.48. The van der Waals surface area contributed by atoms with Crippen molar-refractivity contribution < 1.29 is 15.0 Å². The zero-order valence-corrected chi connectivity index (χ0v) is 10.2. The molecule has 3 nitrogen and oxygen atoms in total. The van der Waals surface area contributed by atoms with Gasteiger partial charge in [-0.3, -0.25) is 4.79 Å². The lowest BCUT2D eigenvalue weighted by Gasteiger charge is -2.09. The first-order chi connectivity index (χ1) is 7.72. The van der Waals surface area contributed by atoms with Crippen molar-refractivity contribution >= 4 is 5.97 Å². The Morgan fingerprint density at radius 1 is 1.19 bits per heavy atom. The first kappa shape index (κ1) is 15.2. The van der Waals surface area contributed by atoms with Crippen molar-refractivity contribution in [2.75, 3.05) is 6.61 Å². The van der Waals surface area contributed by atoms with Gasteiger partial charge >= 0.3 is 5.97 Å². The van der Waals surface area contributed by atoms with E-state index < -0.39 is 5.97 Å². The lowest BCUT2D eigenvalue weighted by molar-refractivity contribution is -0.141. The Hall–Kier alpha value is -0.830. The molecule has 0 aromatic heterocycles. The Bertz CT molecular complexity index is 199. The van der Waals surface area contributed by atoms with Gasteiger partial charge < -0.3 is 10.2 Å². The third-order valence-corrected chi connectivity index (χ3v) is 2.70. The van der Waals surface area contributed by atoms with Gasteiger partial charge in [0.15, 0.2) is 0 Å². The van der Waals surface area contributed by atoms with Crippen molar-refractivity contribution in [1.82, 2.24) is 0 Å². The van der Waals surface area contributed by atoms with Gasteiger partial charge in [-0.05, 0) is 12.8 Å². The summed E-state index contributed by atoms with van der Waals surface area (Å²) in [4.78, 5) is 10.9. The SMILES string of the molecule is CCCCCCCC(C/C=C\CO)C(=O)O. The number of unbranched alkanes of at least 4 members (excludes halogenated alkanes) is 4. The monoisotopic (exact) mass is 228 g/mol. The number of carboxylic acid groups (broad SMARTS) is 1. The molecule has 1 atom stereocenters.